The highest BCUT2D eigenvalue weighted by atomic mass is 16.3. The molecule has 0 spiro atoms. The fourth-order valence-corrected chi connectivity index (χ4v) is 1.65. The van der Waals surface area contributed by atoms with Crippen LogP contribution in [0, 0.1) is 0 Å². The van der Waals surface area contributed by atoms with Gasteiger partial charge >= 0.3 is 0 Å². The van der Waals surface area contributed by atoms with Crippen LogP contribution in [0.2, 0.25) is 0 Å². The van der Waals surface area contributed by atoms with Crippen LogP contribution in [0.3, 0.4) is 0 Å². The Morgan fingerprint density at radius 3 is 2.28 bits per heavy atom. The van der Waals surface area contributed by atoms with Crippen LogP contribution in [0.1, 0.15) is 29.6 Å². The molecule has 0 radical (unpaired) electrons. The van der Waals surface area contributed by atoms with Gasteiger partial charge in [0.2, 0.25) is 0 Å². The van der Waals surface area contributed by atoms with Gasteiger partial charge in [-0.1, -0.05) is 0 Å². The Bertz CT molecular complexity index is 386. The number of anilines is 1. The van der Waals surface area contributed by atoms with Crippen LogP contribution in [0.25, 0.3) is 0 Å². The molecule has 5 heteroatoms. The summed E-state index contributed by atoms with van der Waals surface area (Å²) < 4.78 is 0. The van der Waals surface area contributed by atoms with Crippen LogP contribution >= 0.6 is 0 Å². The third kappa shape index (κ3) is 4.08. The zero-order valence-corrected chi connectivity index (χ0v) is 10.3. The third-order valence-electron chi connectivity index (χ3n) is 2.85. The van der Waals surface area contributed by atoms with E-state index in [0.717, 1.165) is 5.69 Å². The Balaban J connectivity index is 0.000000492. The van der Waals surface area contributed by atoms with Crippen LogP contribution in [-0.4, -0.2) is 30.6 Å². The lowest BCUT2D eigenvalue weighted by atomic mass is 9.93. The maximum absolute atomic E-state index is 11.3. The van der Waals surface area contributed by atoms with Crippen molar-refractivity contribution in [3.63, 3.8) is 0 Å². The predicted octanol–water partition coefficient (Wildman–Crippen LogP) is 1.71. The third-order valence-corrected chi connectivity index (χ3v) is 2.85. The van der Waals surface area contributed by atoms with Crippen molar-refractivity contribution in [2.24, 2.45) is 0 Å². The van der Waals surface area contributed by atoms with Crippen LogP contribution in [-0.2, 0) is 4.79 Å². The van der Waals surface area contributed by atoms with Crippen molar-refractivity contribution in [1.29, 1.82) is 0 Å². The summed E-state index contributed by atoms with van der Waals surface area (Å²) in [5.74, 6) is -0.0369. The Morgan fingerprint density at radius 1 is 1.33 bits per heavy atom. The van der Waals surface area contributed by atoms with Gasteiger partial charge < -0.3 is 15.7 Å². The quantitative estimate of drug-likeness (QED) is 0.714. The molecule has 0 saturated heterocycles. The molecule has 1 amide bonds. The molecule has 1 aliphatic carbocycles. The van der Waals surface area contributed by atoms with Gasteiger partial charge in [0.05, 0.1) is 0 Å². The van der Waals surface area contributed by atoms with Gasteiger partial charge in [0.25, 0.3) is 12.4 Å². The van der Waals surface area contributed by atoms with Crippen molar-refractivity contribution in [2.45, 2.75) is 25.3 Å². The summed E-state index contributed by atoms with van der Waals surface area (Å²) in [6.07, 6.45) is 3.85. The smallest absolute Gasteiger partial charge is 0.290 e. The first-order chi connectivity index (χ1) is 8.71. The molecule has 0 bridgehead atoms. The first-order valence-electron chi connectivity index (χ1n) is 5.87. The number of carbonyl (C=O) groups is 2. The summed E-state index contributed by atoms with van der Waals surface area (Å²) in [7, 11) is 1.64. The number of amides is 1. The van der Waals surface area contributed by atoms with Crippen LogP contribution in [0.4, 0.5) is 5.69 Å². The molecule has 0 heterocycles. The molecule has 5 nitrogen and oxygen atoms in total. The van der Waals surface area contributed by atoms with Crippen molar-refractivity contribution in [2.75, 3.05) is 12.4 Å². The van der Waals surface area contributed by atoms with E-state index < -0.39 is 0 Å². The fourth-order valence-electron chi connectivity index (χ4n) is 1.65. The van der Waals surface area contributed by atoms with E-state index in [4.69, 9.17) is 9.90 Å². The molecule has 2 rings (SSSR count). The molecule has 3 N–H and O–H groups in total. The van der Waals surface area contributed by atoms with E-state index in [-0.39, 0.29) is 12.4 Å². The summed E-state index contributed by atoms with van der Waals surface area (Å²) >= 11 is 0. The largest absolute Gasteiger partial charge is 0.483 e. The monoisotopic (exact) mass is 250 g/mol. The highest BCUT2D eigenvalue weighted by Gasteiger charge is 2.16. The number of hydrogen-bond donors (Lipinski definition) is 3. The molecule has 1 aliphatic rings. The minimum absolute atomic E-state index is 0.0369. The Hall–Kier alpha value is -2.04. The first kappa shape index (κ1) is 14.0. The number of benzene rings is 1. The van der Waals surface area contributed by atoms with Crippen LogP contribution in [0.15, 0.2) is 24.3 Å². The van der Waals surface area contributed by atoms with Crippen molar-refractivity contribution in [1.82, 2.24) is 5.32 Å². The molecule has 1 fully saturated rings. The number of carbonyl (C=O) groups excluding carboxylic acids is 1. The molecule has 1 saturated carbocycles. The zero-order valence-electron chi connectivity index (χ0n) is 10.3. The van der Waals surface area contributed by atoms with Gasteiger partial charge in [-0.2, -0.15) is 0 Å². The number of carboxylic acid groups (broad SMARTS) is 1. The highest BCUT2D eigenvalue weighted by Crippen LogP contribution is 2.23. The average molecular weight is 250 g/mol. The van der Waals surface area contributed by atoms with Crippen LogP contribution < -0.4 is 10.6 Å². The molecule has 98 valence electrons. The summed E-state index contributed by atoms with van der Waals surface area (Å²) in [5.41, 5.74) is 1.81. The van der Waals surface area contributed by atoms with Crippen molar-refractivity contribution in [3.05, 3.63) is 29.8 Å². The molecule has 0 atom stereocenters. The normalized spacial score (nSPS) is 13.6. The van der Waals surface area contributed by atoms with Gasteiger partial charge in [-0.25, -0.2) is 0 Å². The van der Waals surface area contributed by atoms with Gasteiger partial charge in [0.15, 0.2) is 0 Å². The lowest BCUT2D eigenvalue weighted by Gasteiger charge is -2.27. The molecule has 1 aromatic rings. The minimum Gasteiger partial charge on any atom is -0.483 e. The first-order valence-corrected chi connectivity index (χ1v) is 5.87. The molecule has 1 aromatic carbocycles. The summed E-state index contributed by atoms with van der Waals surface area (Å²) in [4.78, 5) is 19.6. The van der Waals surface area contributed by atoms with Gasteiger partial charge in [-0.05, 0) is 43.5 Å². The summed E-state index contributed by atoms with van der Waals surface area (Å²) in [6.45, 7) is -0.250. The van der Waals surface area contributed by atoms with Crippen molar-refractivity contribution in [3.8, 4) is 0 Å². The molecular formula is C13H18N2O3. The molecule has 0 unspecified atom stereocenters. The average Bonchev–Trinajstić information content (AvgIpc) is 2.35. The zero-order chi connectivity index (χ0) is 13.4. The van der Waals surface area contributed by atoms with E-state index in [1.54, 1.807) is 7.05 Å². The molecular weight excluding hydrogens is 232 g/mol. The lowest BCUT2D eigenvalue weighted by Crippen LogP contribution is -2.27. The topological polar surface area (TPSA) is 78.4 Å². The standard InChI is InChI=1S/C12H16N2O.CH2O2/c1-13-12(15)9-5-7-11(8-6-9)14-10-3-2-4-10;2-1-3/h5-8,10,14H,2-4H2,1H3,(H,13,15);1H,(H,2,3). The second-order valence-corrected chi connectivity index (χ2v) is 4.03. The number of rotatable bonds is 3. The number of hydrogen-bond acceptors (Lipinski definition) is 3. The summed E-state index contributed by atoms with van der Waals surface area (Å²) in [5, 5.41) is 12.9. The van der Waals surface area contributed by atoms with Gasteiger partial charge in [-0.15, -0.1) is 0 Å². The fraction of sp³-hybridized carbons (Fsp3) is 0.385. The summed E-state index contributed by atoms with van der Waals surface area (Å²) in [6, 6.07) is 8.25. The maximum atomic E-state index is 11.3. The predicted molar refractivity (Wildman–Crippen MR) is 69.8 cm³/mol. The van der Waals surface area contributed by atoms with E-state index in [2.05, 4.69) is 10.6 Å². The van der Waals surface area contributed by atoms with E-state index in [0.29, 0.717) is 11.6 Å². The second kappa shape index (κ2) is 7.32. The Labute approximate surface area is 106 Å². The Kier molecular flexibility index (Phi) is 5.70. The SMILES string of the molecule is CNC(=O)c1ccc(NC2CCC2)cc1.O=CO. The molecule has 18 heavy (non-hydrogen) atoms. The van der Waals surface area contributed by atoms with E-state index >= 15 is 0 Å². The second-order valence-electron chi connectivity index (χ2n) is 4.03. The van der Waals surface area contributed by atoms with Gasteiger partial charge in [-0.3, -0.25) is 9.59 Å². The minimum atomic E-state index is -0.250. The number of nitrogens with one attached hydrogen (secondary N) is 2. The Morgan fingerprint density at radius 2 is 1.89 bits per heavy atom. The van der Waals surface area contributed by atoms with Crippen LogP contribution in [0.5, 0.6) is 0 Å². The van der Waals surface area contributed by atoms with E-state index in [9.17, 15) is 4.79 Å². The van der Waals surface area contributed by atoms with Gasteiger partial charge in [0.1, 0.15) is 0 Å². The highest BCUT2D eigenvalue weighted by molar-refractivity contribution is 5.94. The van der Waals surface area contributed by atoms with Crippen molar-refractivity contribution < 1.29 is 14.7 Å². The van der Waals surface area contributed by atoms with Gasteiger partial charge in [0, 0.05) is 24.3 Å². The lowest BCUT2D eigenvalue weighted by molar-refractivity contribution is -0.122. The van der Waals surface area contributed by atoms with E-state index in [1.165, 1.54) is 19.3 Å². The molecule has 0 aromatic heterocycles. The maximum Gasteiger partial charge on any atom is 0.290 e. The van der Waals surface area contributed by atoms with E-state index in [1.807, 2.05) is 24.3 Å². The molecule has 0 aliphatic heterocycles. The van der Waals surface area contributed by atoms with Crippen molar-refractivity contribution >= 4 is 18.1 Å².